The molecule has 0 amide bonds. The molecule has 0 fully saturated rings. The van der Waals surface area contributed by atoms with E-state index >= 15 is 0 Å². The van der Waals surface area contributed by atoms with Crippen LogP contribution in [0.25, 0.3) is 10.9 Å². The SMILES string of the molecule is CN(C)[C@H]1Cc2[nH]c3cnccc3c2C1. The van der Waals surface area contributed by atoms with Crippen molar-refractivity contribution in [2.24, 2.45) is 0 Å². The highest BCUT2D eigenvalue weighted by atomic mass is 15.1. The van der Waals surface area contributed by atoms with Crippen LogP contribution in [0, 0.1) is 0 Å². The Morgan fingerprint density at radius 3 is 3.07 bits per heavy atom. The molecule has 0 aliphatic heterocycles. The lowest BCUT2D eigenvalue weighted by atomic mass is 10.1. The number of rotatable bonds is 1. The van der Waals surface area contributed by atoms with Crippen LogP contribution in [0.2, 0.25) is 0 Å². The maximum Gasteiger partial charge on any atom is 0.0645 e. The van der Waals surface area contributed by atoms with Gasteiger partial charge in [-0.3, -0.25) is 4.98 Å². The number of aromatic nitrogens is 2. The molecule has 0 unspecified atom stereocenters. The molecule has 2 aromatic heterocycles. The van der Waals surface area contributed by atoms with E-state index in [-0.39, 0.29) is 0 Å². The first-order valence-electron chi connectivity index (χ1n) is 5.35. The van der Waals surface area contributed by atoms with Crippen LogP contribution in [-0.2, 0) is 12.8 Å². The number of nitrogens with zero attached hydrogens (tertiary/aromatic N) is 2. The summed E-state index contributed by atoms with van der Waals surface area (Å²) < 4.78 is 0. The van der Waals surface area contributed by atoms with Crippen molar-refractivity contribution < 1.29 is 0 Å². The van der Waals surface area contributed by atoms with Gasteiger partial charge in [0.25, 0.3) is 0 Å². The molecule has 0 saturated carbocycles. The van der Waals surface area contributed by atoms with Crippen molar-refractivity contribution >= 4 is 10.9 Å². The number of H-pyrrole nitrogens is 1. The predicted molar refractivity (Wildman–Crippen MR) is 61.0 cm³/mol. The van der Waals surface area contributed by atoms with E-state index in [0.717, 1.165) is 12.8 Å². The van der Waals surface area contributed by atoms with E-state index in [2.05, 4.69) is 35.0 Å². The summed E-state index contributed by atoms with van der Waals surface area (Å²) in [7, 11) is 4.31. The molecule has 2 aromatic rings. The summed E-state index contributed by atoms with van der Waals surface area (Å²) in [5.74, 6) is 0. The Morgan fingerprint density at radius 2 is 2.27 bits per heavy atom. The van der Waals surface area contributed by atoms with Gasteiger partial charge in [0, 0.05) is 29.7 Å². The van der Waals surface area contributed by atoms with Crippen molar-refractivity contribution in [3.63, 3.8) is 0 Å². The van der Waals surface area contributed by atoms with Crippen LogP contribution >= 0.6 is 0 Å². The molecule has 1 atom stereocenters. The molecule has 0 bridgehead atoms. The van der Waals surface area contributed by atoms with Crippen LogP contribution in [0.5, 0.6) is 0 Å². The minimum Gasteiger partial charge on any atom is -0.357 e. The van der Waals surface area contributed by atoms with E-state index < -0.39 is 0 Å². The molecular formula is C12H15N3. The molecule has 0 saturated heterocycles. The zero-order valence-electron chi connectivity index (χ0n) is 9.12. The fraction of sp³-hybridized carbons (Fsp3) is 0.417. The third-order valence-electron chi connectivity index (χ3n) is 3.41. The van der Waals surface area contributed by atoms with Crippen molar-refractivity contribution in [3.05, 3.63) is 29.7 Å². The van der Waals surface area contributed by atoms with Gasteiger partial charge in [0.1, 0.15) is 0 Å². The lowest BCUT2D eigenvalue weighted by Crippen LogP contribution is -2.28. The number of nitrogens with one attached hydrogen (secondary N) is 1. The second-order valence-corrected chi connectivity index (χ2v) is 4.53. The largest absolute Gasteiger partial charge is 0.357 e. The topological polar surface area (TPSA) is 31.9 Å². The average Bonchev–Trinajstić information content (AvgIpc) is 2.73. The van der Waals surface area contributed by atoms with E-state index in [1.54, 1.807) is 0 Å². The minimum absolute atomic E-state index is 0.656. The normalized spacial score (nSPS) is 20.1. The summed E-state index contributed by atoms with van der Waals surface area (Å²) in [4.78, 5) is 9.92. The number of likely N-dealkylation sites (N-methyl/N-ethyl adjacent to an activating group) is 1. The van der Waals surface area contributed by atoms with E-state index in [4.69, 9.17) is 0 Å². The molecule has 3 rings (SSSR count). The summed E-state index contributed by atoms with van der Waals surface area (Å²) in [6.45, 7) is 0. The molecular weight excluding hydrogens is 186 g/mol. The van der Waals surface area contributed by atoms with Gasteiger partial charge in [-0.1, -0.05) is 0 Å². The molecule has 0 radical (unpaired) electrons. The predicted octanol–water partition coefficient (Wildman–Crippen LogP) is 1.59. The van der Waals surface area contributed by atoms with Crippen molar-refractivity contribution in [1.82, 2.24) is 14.9 Å². The Labute approximate surface area is 89.1 Å². The molecule has 2 heterocycles. The third-order valence-corrected chi connectivity index (χ3v) is 3.41. The summed E-state index contributed by atoms with van der Waals surface area (Å²) in [6.07, 6.45) is 6.08. The first kappa shape index (κ1) is 8.92. The minimum atomic E-state index is 0.656. The first-order chi connectivity index (χ1) is 7.25. The monoisotopic (exact) mass is 201 g/mol. The molecule has 1 N–H and O–H groups in total. The fourth-order valence-corrected chi connectivity index (χ4v) is 2.47. The van der Waals surface area contributed by atoms with Crippen molar-refractivity contribution in [2.45, 2.75) is 18.9 Å². The van der Waals surface area contributed by atoms with Gasteiger partial charge in [0.05, 0.1) is 11.7 Å². The highest BCUT2D eigenvalue weighted by molar-refractivity contribution is 5.84. The molecule has 0 aromatic carbocycles. The number of aromatic amines is 1. The van der Waals surface area contributed by atoms with Crippen LogP contribution in [0.3, 0.4) is 0 Å². The molecule has 1 aliphatic rings. The van der Waals surface area contributed by atoms with E-state index in [9.17, 15) is 0 Å². The van der Waals surface area contributed by atoms with Crippen molar-refractivity contribution in [2.75, 3.05) is 14.1 Å². The Kier molecular flexibility index (Phi) is 1.83. The second-order valence-electron chi connectivity index (χ2n) is 4.53. The van der Waals surface area contributed by atoms with Gasteiger partial charge in [-0.05, 0) is 32.1 Å². The smallest absolute Gasteiger partial charge is 0.0645 e. The van der Waals surface area contributed by atoms with Gasteiger partial charge in [0.15, 0.2) is 0 Å². The fourth-order valence-electron chi connectivity index (χ4n) is 2.47. The lowest BCUT2D eigenvalue weighted by Gasteiger charge is -2.18. The van der Waals surface area contributed by atoms with Crippen LogP contribution in [0.4, 0.5) is 0 Å². The molecule has 3 nitrogen and oxygen atoms in total. The van der Waals surface area contributed by atoms with Crippen LogP contribution in [-0.4, -0.2) is 35.0 Å². The van der Waals surface area contributed by atoms with Gasteiger partial charge in [-0.25, -0.2) is 0 Å². The molecule has 78 valence electrons. The van der Waals surface area contributed by atoms with Crippen molar-refractivity contribution in [3.8, 4) is 0 Å². The number of hydrogen-bond acceptors (Lipinski definition) is 2. The number of fused-ring (bicyclic) bond motifs is 3. The van der Waals surface area contributed by atoms with Gasteiger partial charge in [0.2, 0.25) is 0 Å². The maximum atomic E-state index is 4.14. The quantitative estimate of drug-likeness (QED) is 0.760. The zero-order valence-corrected chi connectivity index (χ0v) is 9.12. The molecule has 0 spiro atoms. The van der Waals surface area contributed by atoms with Gasteiger partial charge in [-0.15, -0.1) is 0 Å². The molecule has 3 heteroatoms. The average molecular weight is 201 g/mol. The number of hydrogen-bond donors (Lipinski definition) is 1. The third kappa shape index (κ3) is 1.27. The lowest BCUT2D eigenvalue weighted by molar-refractivity contribution is 0.303. The summed E-state index contributed by atoms with van der Waals surface area (Å²) in [5, 5.41) is 1.35. The zero-order chi connectivity index (χ0) is 10.4. The standard InChI is InChI=1S/C12H15N3/c1-15(2)8-5-10-9-3-4-13-7-12(9)14-11(10)6-8/h3-4,7-8,14H,5-6H2,1-2H3/t8-/m1/s1. The van der Waals surface area contributed by atoms with Crippen LogP contribution in [0.15, 0.2) is 18.5 Å². The summed E-state index contributed by atoms with van der Waals surface area (Å²) in [6, 6.07) is 2.77. The van der Waals surface area contributed by atoms with E-state index in [1.807, 2.05) is 12.4 Å². The Hall–Kier alpha value is -1.35. The van der Waals surface area contributed by atoms with E-state index in [0.29, 0.717) is 6.04 Å². The Morgan fingerprint density at radius 1 is 1.40 bits per heavy atom. The highest BCUT2D eigenvalue weighted by Gasteiger charge is 2.26. The Bertz CT molecular complexity index is 499. The highest BCUT2D eigenvalue weighted by Crippen LogP contribution is 2.30. The van der Waals surface area contributed by atoms with Crippen molar-refractivity contribution in [1.29, 1.82) is 0 Å². The van der Waals surface area contributed by atoms with Gasteiger partial charge >= 0.3 is 0 Å². The molecule has 15 heavy (non-hydrogen) atoms. The van der Waals surface area contributed by atoms with Gasteiger partial charge in [-0.2, -0.15) is 0 Å². The summed E-state index contributed by atoms with van der Waals surface area (Å²) in [5.41, 5.74) is 4.07. The number of pyridine rings is 1. The summed E-state index contributed by atoms with van der Waals surface area (Å²) >= 11 is 0. The van der Waals surface area contributed by atoms with Crippen LogP contribution < -0.4 is 0 Å². The molecule has 1 aliphatic carbocycles. The van der Waals surface area contributed by atoms with E-state index in [1.165, 1.54) is 22.2 Å². The maximum absolute atomic E-state index is 4.14. The van der Waals surface area contributed by atoms with Crippen LogP contribution in [0.1, 0.15) is 11.3 Å². The Balaban J connectivity index is 2.08. The first-order valence-corrected chi connectivity index (χ1v) is 5.35. The second kappa shape index (κ2) is 3.07. The van der Waals surface area contributed by atoms with Gasteiger partial charge < -0.3 is 9.88 Å².